The maximum absolute atomic E-state index is 11.8. The van der Waals surface area contributed by atoms with Crippen LogP contribution in [0.25, 0.3) is 11.0 Å². The number of carbonyl (C=O) groups is 1. The molecule has 0 saturated carbocycles. The smallest absolute Gasteiger partial charge is 0.241 e. The van der Waals surface area contributed by atoms with E-state index in [1.54, 1.807) is 10.9 Å². The number of hydrogen-bond donors (Lipinski definition) is 1. The van der Waals surface area contributed by atoms with Crippen LogP contribution in [-0.2, 0) is 17.8 Å². The third-order valence-corrected chi connectivity index (χ3v) is 3.42. The van der Waals surface area contributed by atoms with Gasteiger partial charge < -0.3 is 0 Å². The topological polar surface area (TPSA) is 72.2 Å². The molecular weight excluding hydrogens is 290 g/mol. The second-order valence-corrected chi connectivity index (χ2v) is 5.09. The zero-order chi connectivity index (χ0) is 15.9. The van der Waals surface area contributed by atoms with Gasteiger partial charge in [-0.05, 0) is 17.7 Å². The van der Waals surface area contributed by atoms with Gasteiger partial charge in [-0.1, -0.05) is 47.7 Å². The molecule has 0 saturated heterocycles. The first-order chi connectivity index (χ1) is 11.3. The third-order valence-electron chi connectivity index (χ3n) is 3.42. The molecule has 3 rings (SSSR count). The van der Waals surface area contributed by atoms with Crippen LogP contribution in [0.15, 0.2) is 59.7 Å². The fourth-order valence-electron chi connectivity index (χ4n) is 2.23. The lowest BCUT2D eigenvalue weighted by molar-refractivity contribution is -0.121. The third kappa shape index (κ3) is 4.00. The van der Waals surface area contributed by atoms with Crippen LogP contribution in [0, 0.1) is 0 Å². The summed E-state index contributed by atoms with van der Waals surface area (Å²) in [6, 6.07) is 17.6. The Labute approximate surface area is 133 Å². The van der Waals surface area contributed by atoms with Crippen molar-refractivity contribution in [2.45, 2.75) is 19.4 Å². The Hall–Kier alpha value is -3.02. The van der Waals surface area contributed by atoms with Crippen LogP contribution in [0.5, 0.6) is 0 Å². The second-order valence-electron chi connectivity index (χ2n) is 5.09. The van der Waals surface area contributed by atoms with Crippen LogP contribution in [0.1, 0.15) is 12.0 Å². The summed E-state index contributed by atoms with van der Waals surface area (Å²) in [7, 11) is 0. The molecule has 1 aromatic heterocycles. The Bertz CT molecular complexity index is 810. The van der Waals surface area contributed by atoms with E-state index in [-0.39, 0.29) is 5.91 Å². The summed E-state index contributed by atoms with van der Waals surface area (Å²) in [5.41, 5.74) is 5.44. The van der Waals surface area contributed by atoms with Crippen molar-refractivity contribution in [3.63, 3.8) is 0 Å². The number of fused-ring (bicyclic) bond motifs is 1. The zero-order valence-electron chi connectivity index (χ0n) is 12.6. The zero-order valence-corrected chi connectivity index (χ0v) is 12.6. The van der Waals surface area contributed by atoms with Crippen molar-refractivity contribution in [2.75, 3.05) is 0 Å². The average Bonchev–Trinajstić information content (AvgIpc) is 3.01. The van der Waals surface area contributed by atoms with Crippen LogP contribution in [-0.4, -0.2) is 27.1 Å². The number of aryl methyl sites for hydroxylation is 1. The molecule has 0 bridgehead atoms. The fraction of sp³-hybridized carbons (Fsp3) is 0.176. The van der Waals surface area contributed by atoms with E-state index in [0.29, 0.717) is 19.4 Å². The highest BCUT2D eigenvalue weighted by atomic mass is 16.2. The molecule has 6 heteroatoms. The number of hydrogen-bond acceptors (Lipinski definition) is 4. The Morgan fingerprint density at radius 3 is 2.78 bits per heavy atom. The van der Waals surface area contributed by atoms with Crippen molar-refractivity contribution in [1.29, 1.82) is 0 Å². The normalized spacial score (nSPS) is 11.1. The number of benzene rings is 2. The molecule has 0 aliphatic carbocycles. The molecule has 1 heterocycles. The van der Waals surface area contributed by atoms with Crippen LogP contribution in [0.3, 0.4) is 0 Å². The molecule has 1 amide bonds. The van der Waals surface area contributed by atoms with Crippen LogP contribution >= 0.6 is 0 Å². The van der Waals surface area contributed by atoms with E-state index in [0.717, 1.165) is 16.6 Å². The van der Waals surface area contributed by atoms with Crippen molar-refractivity contribution in [3.8, 4) is 0 Å². The lowest BCUT2D eigenvalue weighted by Crippen LogP contribution is -2.19. The van der Waals surface area contributed by atoms with Gasteiger partial charge in [0.2, 0.25) is 5.91 Å². The van der Waals surface area contributed by atoms with Crippen LogP contribution in [0.2, 0.25) is 0 Å². The first-order valence-electron chi connectivity index (χ1n) is 7.45. The van der Waals surface area contributed by atoms with Gasteiger partial charge in [-0.3, -0.25) is 4.79 Å². The van der Waals surface area contributed by atoms with Gasteiger partial charge in [-0.25, -0.2) is 10.1 Å². The molecule has 0 radical (unpaired) electrons. The van der Waals surface area contributed by atoms with Gasteiger partial charge in [0.05, 0.1) is 12.1 Å². The lowest BCUT2D eigenvalue weighted by atomic mass is 10.2. The molecule has 6 nitrogen and oxygen atoms in total. The van der Waals surface area contributed by atoms with E-state index in [9.17, 15) is 4.79 Å². The maximum Gasteiger partial charge on any atom is 0.241 e. The summed E-state index contributed by atoms with van der Waals surface area (Å²) in [6.45, 7) is 0.473. The van der Waals surface area contributed by atoms with E-state index >= 15 is 0 Å². The molecule has 3 aromatic rings. The Morgan fingerprint density at radius 1 is 1.13 bits per heavy atom. The first-order valence-corrected chi connectivity index (χ1v) is 7.45. The van der Waals surface area contributed by atoms with Crippen LogP contribution in [0.4, 0.5) is 0 Å². The predicted octanol–water partition coefficient (Wildman–Crippen LogP) is 2.17. The van der Waals surface area contributed by atoms with E-state index in [2.05, 4.69) is 20.8 Å². The molecular formula is C17H17N5O. The molecule has 0 unspecified atom stereocenters. The minimum Gasteiger partial charge on any atom is -0.273 e. The van der Waals surface area contributed by atoms with Gasteiger partial charge in [0.25, 0.3) is 0 Å². The van der Waals surface area contributed by atoms with Gasteiger partial charge in [-0.2, -0.15) is 5.10 Å². The SMILES string of the molecule is O=C(CCn1nnc2ccccc21)NN=CCc1ccccc1. The standard InChI is InChI=1S/C17H17N5O/c23-17(20-18-12-10-14-6-2-1-3-7-14)11-13-22-16-9-5-4-8-15(16)19-21-22/h1-9,12H,10-11,13H2,(H,20,23). The summed E-state index contributed by atoms with van der Waals surface area (Å²) < 4.78 is 1.72. The molecule has 23 heavy (non-hydrogen) atoms. The number of hydrazone groups is 1. The van der Waals surface area contributed by atoms with Gasteiger partial charge in [-0.15, -0.1) is 5.10 Å². The highest BCUT2D eigenvalue weighted by Gasteiger charge is 2.05. The van der Waals surface area contributed by atoms with Gasteiger partial charge in [0, 0.05) is 19.1 Å². The largest absolute Gasteiger partial charge is 0.273 e. The summed E-state index contributed by atoms with van der Waals surface area (Å²) in [5, 5.41) is 12.1. The molecule has 2 aromatic carbocycles. The minimum atomic E-state index is -0.145. The monoisotopic (exact) mass is 307 g/mol. The van der Waals surface area contributed by atoms with Crippen LogP contribution < -0.4 is 5.43 Å². The number of para-hydroxylation sites is 1. The number of nitrogens with zero attached hydrogens (tertiary/aromatic N) is 4. The van der Waals surface area contributed by atoms with Crippen molar-refractivity contribution >= 4 is 23.2 Å². The fourth-order valence-corrected chi connectivity index (χ4v) is 2.23. The van der Waals surface area contributed by atoms with E-state index in [1.807, 2.05) is 54.6 Å². The highest BCUT2D eigenvalue weighted by Crippen LogP contribution is 2.09. The Balaban J connectivity index is 1.46. The lowest BCUT2D eigenvalue weighted by Gasteiger charge is -2.01. The number of nitrogens with one attached hydrogen (secondary N) is 1. The molecule has 0 atom stereocenters. The quantitative estimate of drug-likeness (QED) is 0.560. The summed E-state index contributed by atoms with van der Waals surface area (Å²) in [4.78, 5) is 11.8. The molecule has 116 valence electrons. The molecule has 1 N–H and O–H groups in total. The van der Waals surface area contributed by atoms with Crippen molar-refractivity contribution in [2.24, 2.45) is 5.10 Å². The number of rotatable bonds is 6. The summed E-state index contributed by atoms with van der Waals surface area (Å²) in [6.07, 6.45) is 2.68. The minimum absolute atomic E-state index is 0.145. The Kier molecular flexibility index (Phi) is 4.73. The number of aromatic nitrogens is 3. The summed E-state index contributed by atoms with van der Waals surface area (Å²) >= 11 is 0. The van der Waals surface area contributed by atoms with Gasteiger partial charge >= 0.3 is 0 Å². The Morgan fingerprint density at radius 2 is 1.91 bits per heavy atom. The number of amides is 1. The van der Waals surface area contributed by atoms with Crippen molar-refractivity contribution in [3.05, 3.63) is 60.2 Å². The average molecular weight is 307 g/mol. The maximum atomic E-state index is 11.8. The van der Waals surface area contributed by atoms with E-state index in [1.165, 1.54) is 0 Å². The van der Waals surface area contributed by atoms with Crippen molar-refractivity contribution in [1.82, 2.24) is 20.4 Å². The van der Waals surface area contributed by atoms with E-state index < -0.39 is 0 Å². The first kappa shape index (κ1) is 14.9. The summed E-state index contributed by atoms with van der Waals surface area (Å²) in [5.74, 6) is -0.145. The molecule has 0 aliphatic heterocycles. The van der Waals surface area contributed by atoms with Gasteiger partial charge in [0.1, 0.15) is 5.52 Å². The van der Waals surface area contributed by atoms with Gasteiger partial charge in [0.15, 0.2) is 0 Å². The molecule has 0 spiro atoms. The van der Waals surface area contributed by atoms with Crippen molar-refractivity contribution < 1.29 is 4.79 Å². The molecule has 0 aliphatic rings. The number of carbonyl (C=O) groups excluding carboxylic acids is 1. The van der Waals surface area contributed by atoms with E-state index in [4.69, 9.17) is 0 Å². The highest BCUT2D eigenvalue weighted by molar-refractivity contribution is 5.77. The predicted molar refractivity (Wildman–Crippen MR) is 88.9 cm³/mol. The second kappa shape index (κ2) is 7.31. The molecule has 0 fully saturated rings.